The largest absolute Gasteiger partial charge is 0.494 e. The van der Waals surface area contributed by atoms with Gasteiger partial charge in [0.1, 0.15) is 0 Å². The summed E-state index contributed by atoms with van der Waals surface area (Å²) in [5.74, 6) is 0.941. The molecule has 0 spiro atoms. The van der Waals surface area contributed by atoms with Crippen molar-refractivity contribution in [2.75, 3.05) is 0 Å². The van der Waals surface area contributed by atoms with Gasteiger partial charge < -0.3 is 9.67 Å². The van der Waals surface area contributed by atoms with E-state index in [1.165, 1.54) is 5.56 Å². The molecule has 1 aliphatic rings. The van der Waals surface area contributed by atoms with Crippen LogP contribution in [-0.2, 0) is 12.0 Å². The maximum absolute atomic E-state index is 10.8. The van der Waals surface area contributed by atoms with Gasteiger partial charge in [-0.1, -0.05) is 24.3 Å². The van der Waals surface area contributed by atoms with E-state index in [9.17, 15) is 5.11 Å². The first kappa shape index (κ1) is 22.0. The number of fused-ring (bicyclic) bond motifs is 3. The summed E-state index contributed by atoms with van der Waals surface area (Å²) in [5, 5.41) is 13.8. The molecule has 7 heteroatoms. The van der Waals surface area contributed by atoms with E-state index in [1.807, 2.05) is 65.8 Å². The Balaban J connectivity index is 1.18. The van der Waals surface area contributed by atoms with Crippen molar-refractivity contribution in [2.24, 2.45) is 0 Å². The van der Waals surface area contributed by atoms with Crippen molar-refractivity contribution in [1.82, 2.24) is 28.9 Å². The van der Waals surface area contributed by atoms with Gasteiger partial charge in [0.05, 0.1) is 29.6 Å². The predicted molar refractivity (Wildman–Crippen MR) is 151 cm³/mol. The van der Waals surface area contributed by atoms with Crippen LogP contribution in [0.25, 0.3) is 38.6 Å². The fourth-order valence-corrected chi connectivity index (χ4v) is 5.79. The average Bonchev–Trinajstić information content (AvgIpc) is 3.58. The summed E-state index contributed by atoms with van der Waals surface area (Å²) >= 11 is 0. The first-order valence-corrected chi connectivity index (χ1v) is 13.1. The fourth-order valence-electron chi connectivity index (χ4n) is 5.79. The zero-order valence-corrected chi connectivity index (χ0v) is 21.1. The first-order valence-electron chi connectivity index (χ1n) is 13.1. The molecule has 188 valence electrons. The van der Waals surface area contributed by atoms with Crippen molar-refractivity contribution >= 4 is 27.5 Å². The molecule has 0 aliphatic heterocycles. The van der Waals surface area contributed by atoms with Crippen LogP contribution in [-0.4, -0.2) is 34.0 Å². The minimum Gasteiger partial charge on any atom is -0.494 e. The lowest BCUT2D eigenvalue weighted by Gasteiger charge is -2.16. The minimum absolute atomic E-state index is 0.0673. The zero-order valence-electron chi connectivity index (χ0n) is 21.1. The lowest BCUT2D eigenvalue weighted by Crippen LogP contribution is -2.12. The topological polar surface area (TPSA) is 81.1 Å². The standard InChI is InChI=1S/C32H24N6O/c39-30-27-8-6-21(14-23(27)18-37(30)20-26-5-1-2-12-33-26)24-16-35-31-36-17-29(38(31)19-24)32(10-11-32)25-7-9-28-22(15-25)4-3-13-34-28/h1-9,12-19,39H,10-11,20H2. The van der Waals surface area contributed by atoms with Gasteiger partial charge in [-0.05, 0) is 66.4 Å². The molecule has 7 nitrogen and oxygen atoms in total. The van der Waals surface area contributed by atoms with Crippen molar-refractivity contribution < 1.29 is 5.11 Å². The molecular formula is C32H24N6O. The number of imidazole rings is 1. The second-order valence-corrected chi connectivity index (χ2v) is 10.4. The molecule has 2 aromatic carbocycles. The van der Waals surface area contributed by atoms with Gasteiger partial charge in [0, 0.05) is 58.1 Å². The molecule has 5 heterocycles. The molecule has 0 atom stereocenters. The van der Waals surface area contributed by atoms with Crippen LogP contribution >= 0.6 is 0 Å². The molecule has 0 bridgehead atoms. The number of hydrogen-bond acceptors (Lipinski definition) is 5. The van der Waals surface area contributed by atoms with Crippen molar-refractivity contribution in [3.63, 3.8) is 0 Å². The van der Waals surface area contributed by atoms with Crippen LogP contribution in [0.15, 0.2) is 104 Å². The fraction of sp³-hybridized carbons (Fsp3) is 0.125. The molecule has 0 saturated heterocycles. The summed E-state index contributed by atoms with van der Waals surface area (Å²) in [5.41, 5.74) is 6.33. The predicted octanol–water partition coefficient (Wildman–Crippen LogP) is 6.13. The van der Waals surface area contributed by atoms with Crippen LogP contribution < -0.4 is 0 Å². The summed E-state index contributed by atoms with van der Waals surface area (Å²) < 4.78 is 3.98. The van der Waals surface area contributed by atoms with E-state index in [-0.39, 0.29) is 11.3 Å². The van der Waals surface area contributed by atoms with Crippen molar-refractivity contribution in [2.45, 2.75) is 24.8 Å². The number of nitrogens with zero attached hydrogens (tertiary/aromatic N) is 6. The maximum Gasteiger partial charge on any atom is 0.233 e. The number of pyridine rings is 2. The third-order valence-corrected chi connectivity index (χ3v) is 8.01. The smallest absolute Gasteiger partial charge is 0.233 e. The number of aromatic nitrogens is 6. The Labute approximate surface area is 224 Å². The van der Waals surface area contributed by atoms with Gasteiger partial charge in [0.25, 0.3) is 0 Å². The molecule has 1 aliphatic carbocycles. The Kier molecular flexibility index (Phi) is 4.64. The number of aromatic hydroxyl groups is 1. The molecule has 39 heavy (non-hydrogen) atoms. The highest BCUT2D eigenvalue weighted by atomic mass is 16.3. The van der Waals surface area contributed by atoms with E-state index in [2.05, 4.69) is 55.9 Å². The van der Waals surface area contributed by atoms with Crippen molar-refractivity contribution in [3.8, 4) is 17.0 Å². The minimum atomic E-state index is -0.0673. The summed E-state index contributed by atoms with van der Waals surface area (Å²) in [4.78, 5) is 18.2. The molecule has 1 saturated carbocycles. The van der Waals surface area contributed by atoms with Gasteiger partial charge in [-0.25, -0.2) is 9.97 Å². The highest BCUT2D eigenvalue weighted by Crippen LogP contribution is 2.53. The highest BCUT2D eigenvalue weighted by molar-refractivity contribution is 5.91. The average molecular weight is 509 g/mol. The second kappa shape index (κ2) is 8.23. The van der Waals surface area contributed by atoms with Crippen LogP contribution in [0.1, 0.15) is 29.8 Å². The van der Waals surface area contributed by atoms with Crippen LogP contribution in [0.5, 0.6) is 5.88 Å². The summed E-state index contributed by atoms with van der Waals surface area (Å²) in [6.45, 7) is 0.509. The van der Waals surface area contributed by atoms with Gasteiger partial charge in [0.2, 0.25) is 5.78 Å². The van der Waals surface area contributed by atoms with E-state index in [0.717, 1.165) is 57.0 Å². The molecule has 7 aromatic rings. The van der Waals surface area contributed by atoms with Crippen LogP contribution in [0, 0.1) is 0 Å². The molecule has 0 amide bonds. The normalized spacial score (nSPS) is 14.4. The second-order valence-electron chi connectivity index (χ2n) is 10.4. The van der Waals surface area contributed by atoms with E-state index in [0.29, 0.717) is 12.3 Å². The Morgan fingerprint density at radius 1 is 0.769 bits per heavy atom. The Morgan fingerprint density at radius 3 is 2.54 bits per heavy atom. The summed E-state index contributed by atoms with van der Waals surface area (Å²) in [6.07, 6.45) is 13.7. The summed E-state index contributed by atoms with van der Waals surface area (Å²) in [7, 11) is 0. The molecule has 1 fully saturated rings. The Morgan fingerprint density at radius 2 is 1.67 bits per heavy atom. The van der Waals surface area contributed by atoms with Crippen LogP contribution in [0.2, 0.25) is 0 Å². The van der Waals surface area contributed by atoms with Gasteiger partial charge in [-0.15, -0.1) is 0 Å². The Bertz CT molecular complexity index is 2020. The SMILES string of the molecule is Oc1c2ccc(-c3cnc4ncc(C5(c6ccc7ncccc7c6)CC5)n4c3)cc2cn1Cc1ccccn1. The maximum atomic E-state index is 10.8. The number of rotatable bonds is 5. The monoisotopic (exact) mass is 508 g/mol. The van der Waals surface area contributed by atoms with Crippen LogP contribution in [0.4, 0.5) is 0 Å². The molecule has 0 radical (unpaired) electrons. The highest BCUT2D eigenvalue weighted by Gasteiger charge is 2.48. The molecule has 0 unspecified atom stereocenters. The van der Waals surface area contributed by atoms with E-state index >= 15 is 0 Å². The quantitative estimate of drug-likeness (QED) is 0.303. The van der Waals surface area contributed by atoms with Crippen molar-refractivity contribution in [1.29, 1.82) is 0 Å². The lowest BCUT2D eigenvalue weighted by molar-refractivity contribution is 0.429. The third kappa shape index (κ3) is 3.50. The Hall–Kier alpha value is -5.04. The number of benzene rings is 2. The molecular weight excluding hydrogens is 484 g/mol. The summed E-state index contributed by atoms with van der Waals surface area (Å²) in [6, 6.07) is 22.6. The van der Waals surface area contributed by atoms with E-state index < -0.39 is 0 Å². The van der Waals surface area contributed by atoms with Crippen LogP contribution in [0.3, 0.4) is 0 Å². The lowest BCUT2D eigenvalue weighted by atomic mass is 9.91. The first-order chi connectivity index (χ1) is 19.2. The molecule has 5 aromatic heterocycles. The van der Waals surface area contributed by atoms with E-state index in [1.54, 1.807) is 6.20 Å². The number of hydrogen-bond donors (Lipinski definition) is 1. The van der Waals surface area contributed by atoms with Crippen molar-refractivity contribution in [3.05, 3.63) is 121 Å². The van der Waals surface area contributed by atoms with Gasteiger partial charge in [-0.2, -0.15) is 0 Å². The molecule has 8 rings (SSSR count). The van der Waals surface area contributed by atoms with E-state index in [4.69, 9.17) is 4.98 Å². The van der Waals surface area contributed by atoms with Gasteiger partial charge in [0.15, 0.2) is 5.88 Å². The zero-order chi connectivity index (χ0) is 26.0. The molecule has 1 N–H and O–H groups in total. The van der Waals surface area contributed by atoms with Gasteiger partial charge in [-0.3, -0.25) is 14.4 Å². The van der Waals surface area contributed by atoms with Gasteiger partial charge >= 0.3 is 0 Å². The third-order valence-electron chi connectivity index (χ3n) is 8.01.